The van der Waals surface area contributed by atoms with Crippen molar-refractivity contribution in [2.24, 2.45) is 5.10 Å². The van der Waals surface area contributed by atoms with Crippen molar-refractivity contribution in [3.05, 3.63) is 57.1 Å². The summed E-state index contributed by atoms with van der Waals surface area (Å²) < 4.78 is 10.5. The number of hydrogen-bond acceptors (Lipinski definition) is 4. The van der Waals surface area contributed by atoms with E-state index in [9.17, 15) is 4.79 Å². The molecule has 1 amide bonds. The summed E-state index contributed by atoms with van der Waals surface area (Å²) in [4.78, 5) is 12.0. The van der Waals surface area contributed by atoms with Crippen LogP contribution in [0.25, 0.3) is 0 Å². The molecule has 1 aliphatic heterocycles. The standard InChI is InChI=1S/C16H12Cl2N2O3/c1-9-2-3-10(4-12(9)17)16(21)20-19-7-11-5-14-15(6-13(11)18)23-8-22-14/h2-7H,8H2,1H3,(H,20,21)/b19-7-. The van der Waals surface area contributed by atoms with E-state index in [4.69, 9.17) is 32.7 Å². The second kappa shape index (κ2) is 6.48. The molecule has 0 spiro atoms. The lowest BCUT2D eigenvalue weighted by Gasteiger charge is -2.03. The summed E-state index contributed by atoms with van der Waals surface area (Å²) in [5.41, 5.74) is 4.37. The van der Waals surface area contributed by atoms with Crippen LogP contribution >= 0.6 is 23.2 Å². The van der Waals surface area contributed by atoms with Crippen molar-refractivity contribution in [3.8, 4) is 11.5 Å². The molecular weight excluding hydrogens is 339 g/mol. The maximum atomic E-state index is 12.0. The molecule has 7 heteroatoms. The van der Waals surface area contributed by atoms with Crippen LogP contribution in [0.4, 0.5) is 0 Å². The summed E-state index contributed by atoms with van der Waals surface area (Å²) in [7, 11) is 0. The van der Waals surface area contributed by atoms with E-state index < -0.39 is 0 Å². The Morgan fingerprint density at radius 2 is 1.91 bits per heavy atom. The minimum absolute atomic E-state index is 0.164. The molecule has 3 rings (SSSR count). The van der Waals surface area contributed by atoms with Crippen molar-refractivity contribution < 1.29 is 14.3 Å². The zero-order valence-corrected chi connectivity index (χ0v) is 13.6. The lowest BCUT2D eigenvalue weighted by Crippen LogP contribution is -2.17. The smallest absolute Gasteiger partial charge is 0.271 e. The summed E-state index contributed by atoms with van der Waals surface area (Å²) in [6.45, 7) is 2.03. The van der Waals surface area contributed by atoms with Gasteiger partial charge in [-0.3, -0.25) is 4.79 Å². The van der Waals surface area contributed by atoms with Gasteiger partial charge < -0.3 is 9.47 Å². The molecule has 0 saturated carbocycles. The molecule has 1 heterocycles. The molecule has 2 aromatic carbocycles. The van der Waals surface area contributed by atoms with Crippen molar-refractivity contribution in [3.63, 3.8) is 0 Å². The van der Waals surface area contributed by atoms with Crippen LogP contribution < -0.4 is 14.9 Å². The maximum Gasteiger partial charge on any atom is 0.271 e. The monoisotopic (exact) mass is 350 g/mol. The summed E-state index contributed by atoms with van der Waals surface area (Å²) in [5, 5.41) is 4.89. The molecule has 0 aliphatic carbocycles. The topological polar surface area (TPSA) is 59.9 Å². The maximum absolute atomic E-state index is 12.0. The fraction of sp³-hybridized carbons (Fsp3) is 0.125. The van der Waals surface area contributed by atoms with Crippen molar-refractivity contribution >= 4 is 35.3 Å². The molecule has 5 nitrogen and oxygen atoms in total. The number of benzene rings is 2. The summed E-state index contributed by atoms with van der Waals surface area (Å²) in [5.74, 6) is 0.818. The van der Waals surface area contributed by atoms with E-state index in [1.54, 1.807) is 30.3 Å². The first-order chi connectivity index (χ1) is 11.0. The van der Waals surface area contributed by atoms with Gasteiger partial charge in [-0.1, -0.05) is 29.3 Å². The quantitative estimate of drug-likeness (QED) is 0.676. The molecule has 0 aromatic heterocycles. The minimum Gasteiger partial charge on any atom is -0.454 e. The highest BCUT2D eigenvalue weighted by molar-refractivity contribution is 6.33. The summed E-state index contributed by atoms with van der Waals surface area (Å²) in [6.07, 6.45) is 1.44. The third-order valence-corrected chi connectivity index (χ3v) is 4.03. The first kappa shape index (κ1) is 15.6. The number of aryl methyl sites for hydroxylation is 1. The molecule has 0 saturated heterocycles. The van der Waals surface area contributed by atoms with E-state index in [2.05, 4.69) is 10.5 Å². The fourth-order valence-electron chi connectivity index (χ4n) is 1.99. The average molecular weight is 351 g/mol. The van der Waals surface area contributed by atoms with Crippen molar-refractivity contribution in [1.82, 2.24) is 5.43 Å². The molecule has 1 N–H and O–H groups in total. The van der Waals surface area contributed by atoms with Crippen molar-refractivity contribution in [2.75, 3.05) is 6.79 Å². The molecule has 2 aromatic rings. The zero-order chi connectivity index (χ0) is 16.4. The molecule has 0 fully saturated rings. The average Bonchev–Trinajstić information content (AvgIpc) is 2.97. The molecule has 0 unspecified atom stereocenters. The van der Waals surface area contributed by atoms with Gasteiger partial charge in [0.1, 0.15) is 0 Å². The Morgan fingerprint density at radius 1 is 1.17 bits per heavy atom. The van der Waals surface area contributed by atoms with E-state index in [0.717, 1.165) is 5.56 Å². The summed E-state index contributed by atoms with van der Waals surface area (Å²) >= 11 is 12.1. The number of amides is 1. The SMILES string of the molecule is Cc1ccc(C(=O)N/N=C\c2cc3c(cc2Cl)OCO3)cc1Cl. The van der Waals surface area contributed by atoms with Gasteiger partial charge in [0.05, 0.1) is 11.2 Å². The van der Waals surface area contributed by atoms with E-state index in [-0.39, 0.29) is 12.7 Å². The van der Waals surface area contributed by atoms with Crippen LogP contribution in [-0.2, 0) is 0 Å². The van der Waals surface area contributed by atoms with E-state index in [1.807, 2.05) is 6.92 Å². The third kappa shape index (κ3) is 3.41. The van der Waals surface area contributed by atoms with Crippen LogP contribution in [-0.4, -0.2) is 18.9 Å². The molecule has 0 atom stereocenters. The Hall–Kier alpha value is -2.24. The van der Waals surface area contributed by atoms with Gasteiger partial charge in [0.2, 0.25) is 6.79 Å². The number of hydrazone groups is 1. The van der Waals surface area contributed by atoms with Gasteiger partial charge in [0, 0.05) is 22.2 Å². The third-order valence-electron chi connectivity index (χ3n) is 3.30. The number of halogens is 2. The molecule has 0 bridgehead atoms. The predicted octanol–water partition coefficient (Wildman–Crippen LogP) is 3.79. The van der Waals surface area contributed by atoms with Gasteiger partial charge in [-0.25, -0.2) is 5.43 Å². The highest BCUT2D eigenvalue weighted by Gasteiger charge is 2.15. The van der Waals surface area contributed by atoms with Gasteiger partial charge >= 0.3 is 0 Å². The number of nitrogens with one attached hydrogen (secondary N) is 1. The second-order valence-corrected chi connectivity index (χ2v) is 5.70. The molecule has 1 aliphatic rings. The summed E-state index contributed by atoms with van der Waals surface area (Å²) in [6, 6.07) is 8.39. The van der Waals surface area contributed by atoms with Crippen LogP contribution in [0.3, 0.4) is 0 Å². The molecule has 0 radical (unpaired) electrons. The Balaban J connectivity index is 1.71. The lowest BCUT2D eigenvalue weighted by atomic mass is 10.1. The number of carbonyl (C=O) groups is 1. The highest BCUT2D eigenvalue weighted by Crippen LogP contribution is 2.36. The fourth-order valence-corrected chi connectivity index (χ4v) is 2.37. The van der Waals surface area contributed by atoms with Crippen LogP contribution in [0.2, 0.25) is 10.0 Å². The number of carbonyl (C=O) groups excluding carboxylic acids is 1. The van der Waals surface area contributed by atoms with Gasteiger partial charge in [-0.05, 0) is 30.7 Å². The lowest BCUT2D eigenvalue weighted by molar-refractivity contribution is 0.0955. The first-order valence-electron chi connectivity index (χ1n) is 6.73. The zero-order valence-electron chi connectivity index (χ0n) is 12.1. The van der Waals surface area contributed by atoms with Crippen LogP contribution in [0, 0.1) is 6.92 Å². The van der Waals surface area contributed by atoms with E-state index >= 15 is 0 Å². The van der Waals surface area contributed by atoms with Crippen LogP contribution in [0.15, 0.2) is 35.4 Å². The Morgan fingerprint density at radius 3 is 2.65 bits per heavy atom. The van der Waals surface area contributed by atoms with Crippen molar-refractivity contribution in [1.29, 1.82) is 0 Å². The van der Waals surface area contributed by atoms with Gasteiger partial charge in [-0.2, -0.15) is 5.10 Å². The Labute approximate surface area is 142 Å². The predicted molar refractivity (Wildman–Crippen MR) is 88.8 cm³/mol. The Bertz CT molecular complexity index is 806. The van der Waals surface area contributed by atoms with Crippen molar-refractivity contribution in [2.45, 2.75) is 6.92 Å². The highest BCUT2D eigenvalue weighted by atomic mass is 35.5. The normalized spacial score (nSPS) is 12.7. The minimum atomic E-state index is -0.361. The Kier molecular flexibility index (Phi) is 4.41. The first-order valence-corrected chi connectivity index (χ1v) is 7.49. The number of fused-ring (bicyclic) bond motifs is 1. The second-order valence-electron chi connectivity index (χ2n) is 4.89. The molecule has 23 heavy (non-hydrogen) atoms. The number of rotatable bonds is 3. The number of hydrogen-bond donors (Lipinski definition) is 1. The van der Waals surface area contributed by atoms with Gasteiger partial charge in [-0.15, -0.1) is 0 Å². The van der Waals surface area contributed by atoms with Gasteiger partial charge in [0.15, 0.2) is 11.5 Å². The van der Waals surface area contributed by atoms with Crippen LogP contribution in [0.5, 0.6) is 11.5 Å². The van der Waals surface area contributed by atoms with Crippen LogP contribution in [0.1, 0.15) is 21.5 Å². The number of ether oxygens (including phenoxy) is 2. The van der Waals surface area contributed by atoms with Gasteiger partial charge in [0.25, 0.3) is 5.91 Å². The van der Waals surface area contributed by atoms with E-state index in [0.29, 0.717) is 32.7 Å². The van der Waals surface area contributed by atoms with E-state index in [1.165, 1.54) is 6.21 Å². The molecule has 118 valence electrons. The number of nitrogens with zero attached hydrogens (tertiary/aromatic N) is 1. The molecular formula is C16H12Cl2N2O3. The largest absolute Gasteiger partial charge is 0.454 e.